The van der Waals surface area contributed by atoms with Crippen molar-refractivity contribution in [2.45, 2.75) is 59.8 Å². The first kappa shape index (κ1) is 12.4. The van der Waals surface area contributed by atoms with E-state index in [9.17, 15) is 0 Å². The van der Waals surface area contributed by atoms with Crippen molar-refractivity contribution in [3.63, 3.8) is 0 Å². The zero-order valence-electron chi connectivity index (χ0n) is 11.6. The lowest BCUT2D eigenvalue weighted by atomic mass is 9.51. The summed E-state index contributed by atoms with van der Waals surface area (Å²) in [5.41, 5.74) is 1.15. The quantitative estimate of drug-likeness (QED) is 0.658. The molecule has 1 spiro atoms. The molecular formula is C15H29N. The van der Waals surface area contributed by atoms with Gasteiger partial charge in [-0.2, -0.15) is 0 Å². The highest BCUT2D eigenvalue weighted by Crippen LogP contribution is 2.56. The van der Waals surface area contributed by atoms with Gasteiger partial charge in [0.2, 0.25) is 0 Å². The predicted molar refractivity (Wildman–Crippen MR) is 70.5 cm³/mol. The molecule has 1 aliphatic heterocycles. The highest BCUT2D eigenvalue weighted by Gasteiger charge is 2.49. The zero-order chi connectivity index (χ0) is 11.8. The van der Waals surface area contributed by atoms with E-state index in [2.05, 4.69) is 33.0 Å². The van der Waals surface area contributed by atoms with Crippen LogP contribution in [0.3, 0.4) is 0 Å². The summed E-state index contributed by atoms with van der Waals surface area (Å²) in [6, 6.07) is 0. The standard InChI is InChI=1S/C15H29N/c1-12-11-16-10-9-15(12)8-6-5-7-13(15)14(2,3)4/h12-13,16H,5-11H2,1-4H3. The summed E-state index contributed by atoms with van der Waals surface area (Å²) in [7, 11) is 0. The van der Waals surface area contributed by atoms with Crippen LogP contribution in [0.1, 0.15) is 59.8 Å². The van der Waals surface area contributed by atoms with Gasteiger partial charge in [0, 0.05) is 0 Å². The number of piperidine rings is 1. The van der Waals surface area contributed by atoms with Crippen LogP contribution in [0.25, 0.3) is 0 Å². The predicted octanol–water partition coefficient (Wildman–Crippen LogP) is 3.84. The average Bonchev–Trinajstić information content (AvgIpc) is 2.22. The van der Waals surface area contributed by atoms with Crippen molar-refractivity contribution in [3.05, 3.63) is 0 Å². The summed E-state index contributed by atoms with van der Waals surface area (Å²) < 4.78 is 0. The number of hydrogen-bond donors (Lipinski definition) is 1. The van der Waals surface area contributed by atoms with Crippen LogP contribution in [0, 0.1) is 22.7 Å². The van der Waals surface area contributed by atoms with Gasteiger partial charge in [-0.3, -0.25) is 0 Å². The Hall–Kier alpha value is -0.0400. The molecule has 0 bridgehead atoms. The van der Waals surface area contributed by atoms with Gasteiger partial charge >= 0.3 is 0 Å². The van der Waals surface area contributed by atoms with Crippen LogP contribution in [0.15, 0.2) is 0 Å². The first-order chi connectivity index (χ1) is 7.47. The lowest BCUT2D eigenvalue weighted by Crippen LogP contribution is -2.52. The Morgan fingerprint density at radius 1 is 1.12 bits per heavy atom. The Bertz CT molecular complexity index is 234. The number of rotatable bonds is 0. The van der Waals surface area contributed by atoms with Crippen molar-refractivity contribution in [1.29, 1.82) is 0 Å². The molecule has 1 saturated heterocycles. The molecule has 1 N–H and O–H groups in total. The van der Waals surface area contributed by atoms with E-state index in [0.717, 1.165) is 11.8 Å². The topological polar surface area (TPSA) is 12.0 Å². The summed E-state index contributed by atoms with van der Waals surface area (Å²) in [6.07, 6.45) is 7.29. The molecule has 1 heteroatoms. The molecule has 16 heavy (non-hydrogen) atoms. The maximum absolute atomic E-state index is 3.58. The summed E-state index contributed by atoms with van der Waals surface area (Å²) >= 11 is 0. The average molecular weight is 223 g/mol. The lowest BCUT2D eigenvalue weighted by molar-refractivity contribution is -0.0502. The minimum atomic E-state index is 0.492. The van der Waals surface area contributed by atoms with Gasteiger partial charge in [0.15, 0.2) is 0 Å². The maximum atomic E-state index is 3.58. The minimum absolute atomic E-state index is 0.492. The SMILES string of the molecule is CC1CNCCC12CCCCC2C(C)(C)C. The molecule has 3 unspecified atom stereocenters. The number of hydrogen-bond acceptors (Lipinski definition) is 1. The van der Waals surface area contributed by atoms with E-state index in [1.54, 1.807) is 0 Å². The van der Waals surface area contributed by atoms with Gasteiger partial charge in [-0.05, 0) is 55.0 Å². The van der Waals surface area contributed by atoms with Gasteiger partial charge in [0.25, 0.3) is 0 Å². The van der Waals surface area contributed by atoms with Gasteiger partial charge in [0.1, 0.15) is 0 Å². The fraction of sp³-hybridized carbons (Fsp3) is 1.00. The van der Waals surface area contributed by atoms with E-state index in [4.69, 9.17) is 0 Å². The van der Waals surface area contributed by atoms with Gasteiger partial charge in [-0.25, -0.2) is 0 Å². The second-order valence-corrected chi connectivity index (χ2v) is 7.25. The van der Waals surface area contributed by atoms with E-state index in [1.807, 2.05) is 0 Å². The third-order valence-corrected chi connectivity index (χ3v) is 5.32. The highest BCUT2D eigenvalue weighted by molar-refractivity contribution is 5.00. The molecule has 1 saturated carbocycles. The monoisotopic (exact) mass is 223 g/mol. The zero-order valence-corrected chi connectivity index (χ0v) is 11.6. The maximum Gasteiger partial charge on any atom is -0.00177 e. The Balaban J connectivity index is 2.26. The minimum Gasteiger partial charge on any atom is -0.316 e. The van der Waals surface area contributed by atoms with Crippen LogP contribution in [0.5, 0.6) is 0 Å². The molecule has 0 amide bonds. The first-order valence-corrected chi connectivity index (χ1v) is 7.17. The van der Waals surface area contributed by atoms with Crippen LogP contribution in [-0.4, -0.2) is 13.1 Å². The molecule has 0 aromatic heterocycles. The van der Waals surface area contributed by atoms with Crippen molar-refractivity contribution in [3.8, 4) is 0 Å². The molecule has 94 valence electrons. The van der Waals surface area contributed by atoms with Crippen molar-refractivity contribution in [1.82, 2.24) is 5.32 Å². The van der Waals surface area contributed by atoms with Gasteiger partial charge in [0.05, 0.1) is 0 Å². The molecule has 3 atom stereocenters. The van der Waals surface area contributed by atoms with Crippen LogP contribution in [0.2, 0.25) is 0 Å². The van der Waals surface area contributed by atoms with E-state index in [1.165, 1.54) is 45.2 Å². The fourth-order valence-corrected chi connectivity index (χ4v) is 4.54. The molecule has 2 rings (SSSR count). The second-order valence-electron chi connectivity index (χ2n) is 7.25. The van der Waals surface area contributed by atoms with Crippen molar-refractivity contribution >= 4 is 0 Å². The second kappa shape index (κ2) is 4.33. The first-order valence-electron chi connectivity index (χ1n) is 7.17. The molecule has 1 nitrogen and oxygen atoms in total. The third kappa shape index (κ3) is 2.03. The van der Waals surface area contributed by atoms with Gasteiger partial charge < -0.3 is 5.32 Å². The Labute approximate surface area is 101 Å². The van der Waals surface area contributed by atoms with Gasteiger partial charge in [-0.15, -0.1) is 0 Å². The largest absolute Gasteiger partial charge is 0.316 e. The molecule has 0 aromatic rings. The van der Waals surface area contributed by atoms with E-state index in [0.29, 0.717) is 10.8 Å². The normalized spacial score (nSPS) is 41.2. The summed E-state index contributed by atoms with van der Waals surface area (Å²) in [4.78, 5) is 0. The third-order valence-electron chi connectivity index (χ3n) is 5.32. The van der Waals surface area contributed by atoms with E-state index < -0.39 is 0 Å². The molecule has 0 radical (unpaired) electrons. The Morgan fingerprint density at radius 2 is 1.88 bits per heavy atom. The smallest absolute Gasteiger partial charge is 0.00177 e. The van der Waals surface area contributed by atoms with Gasteiger partial charge in [-0.1, -0.05) is 40.5 Å². The molecule has 1 heterocycles. The fourth-order valence-electron chi connectivity index (χ4n) is 4.54. The summed E-state index contributed by atoms with van der Waals surface area (Å²) in [5, 5.41) is 3.58. The van der Waals surface area contributed by atoms with Crippen molar-refractivity contribution in [2.75, 3.05) is 13.1 Å². The Morgan fingerprint density at radius 3 is 2.50 bits per heavy atom. The molecule has 0 aromatic carbocycles. The number of nitrogens with one attached hydrogen (secondary N) is 1. The van der Waals surface area contributed by atoms with Crippen molar-refractivity contribution < 1.29 is 0 Å². The molecule has 2 aliphatic rings. The van der Waals surface area contributed by atoms with Crippen LogP contribution in [-0.2, 0) is 0 Å². The lowest BCUT2D eigenvalue weighted by Gasteiger charge is -2.55. The Kier molecular flexibility index (Phi) is 3.36. The van der Waals surface area contributed by atoms with Crippen LogP contribution in [0.4, 0.5) is 0 Å². The van der Waals surface area contributed by atoms with Crippen LogP contribution >= 0.6 is 0 Å². The van der Waals surface area contributed by atoms with E-state index in [-0.39, 0.29) is 0 Å². The van der Waals surface area contributed by atoms with Crippen molar-refractivity contribution in [2.24, 2.45) is 22.7 Å². The van der Waals surface area contributed by atoms with Crippen LogP contribution < -0.4 is 5.32 Å². The summed E-state index contributed by atoms with van der Waals surface area (Å²) in [5.74, 6) is 1.80. The molecular weight excluding hydrogens is 194 g/mol. The molecule has 1 aliphatic carbocycles. The van der Waals surface area contributed by atoms with E-state index >= 15 is 0 Å². The molecule has 2 fully saturated rings. The summed E-state index contributed by atoms with van der Waals surface area (Å²) in [6.45, 7) is 12.3. The highest BCUT2D eigenvalue weighted by atomic mass is 14.9.